The fourth-order valence-electron chi connectivity index (χ4n) is 2.50. The largest absolute Gasteiger partial charge is 0.497 e. The number of nitrogens with one attached hydrogen (secondary N) is 1. The second kappa shape index (κ2) is 7.77. The highest BCUT2D eigenvalue weighted by Crippen LogP contribution is 2.21. The van der Waals surface area contributed by atoms with Crippen LogP contribution >= 0.6 is 0 Å². The number of methoxy groups -OCH3 is 1. The minimum absolute atomic E-state index is 0.385. The molecule has 0 saturated heterocycles. The smallest absolute Gasteiger partial charge is 0.326 e. The zero-order valence-electron chi connectivity index (χ0n) is 14.1. The number of hydrogen-bond donors (Lipinski definition) is 2. The Morgan fingerprint density at radius 3 is 2.71 bits per heavy atom. The van der Waals surface area contributed by atoms with Gasteiger partial charge in [-0.2, -0.15) is 0 Å². The van der Waals surface area contributed by atoms with E-state index in [9.17, 15) is 14.7 Å². The van der Waals surface area contributed by atoms with Crippen molar-refractivity contribution in [2.45, 2.75) is 39.2 Å². The summed E-state index contributed by atoms with van der Waals surface area (Å²) in [7, 11) is 1.58. The molecule has 6 nitrogen and oxygen atoms in total. The van der Waals surface area contributed by atoms with Crippen LogP contribution in [0.5, 0.6) is 5.75 Å². The summed E-state index contributed by atoms with van der Waals surface area (Å²) in [6.45, 7) is 3.71. The van der Waals surface area contributed by atoms with Crippen LogP contribution in [0.25, 0.3) is 10.9 Å². The third-order valence-electron chi connectivity index (χ3n) is 3.91. The lowest BCUT2D eigenvalue weighted by Crippen LogP contribution is -2.41. The van der Waals surface area contributed by atoms with Gasteiger partial charge in [-0.15, -0.1) is 0 Å². The van der Waals surface area contributed by atoms with E-state index in [1.165, 1.54) is 0 Å². The lowest BCUT2D eigenvalue weighted by atomic mass is 10.1. The Labute approximate surface area is 140 Å². The number of nitrogens with zero attached hydrogens (tertiary/aromatic N) is 1. The first kappa shape index (κ1) is 17.7. The number of carbonyl (C=O) groups is 2. The van der Waals surface area contributed by atoms with Crippen LogP contribution in [0.15, 0.2) is 24.3 Å². The molecular weight excluding hydrogens is 308 g/mol. The standard InChI is InChI=1S/C18H22N2O4/c1-4-5-6-15(18(22)23)20-17(21)14-9-12-7-8-13(24-3)10-16(12)19-11(14)2/h7-10,15H,4-6H2,1-3H3,(H,20,21)(H,22,23)/t15-/m0/s1. The molecule has 0 unspecified atom stereocenters. The van der Waals surface area contributed by atoms with Gasteiger partial charge < -0.3 is 15.2 Å². The Hall–Kier alpha value is -2.63. The van der Waals surface area contributed by atoms with Crippen LogP contribution < -0.4 is 10.1 Å². The molecule has 0 aliphatic heterocycles. The monoisotopic (exact) mass is 330 g/mol. The summed E-state index contributed by atoms with van der Waals surface area (Å²) >= 11 is 0. The molecule has 2 aromatic rings. The zero-order valence-corrected chi connectivity index (χ0v) is 14.1. The van der Waals surface area contributed by atoms with Crippen LogP contribution in [0.4, 0.5) is 0 Å². The van der Waals surface area contributed by atoms with E-state index in [1.807, 2.05) is 13.0 Å². The van der Waals surface area contributed by atoms with Gasteiger partial charge in [0.2, 0.25) is 0 Å². The van der Waals surface area contributed by atoms with Crippen molar-refractivity contribution in [2.75, 3.05) is 7.11 Å². The van der Waals surface area contributed by atoms with Crippen molar-refractivity contribution in [2.24, 2.45) is 0 Å². The van der Waals surface area contributed by atoms with Gasteiger partial charge in [0.25, 0.3) is 5.91 Å². The number of aliphatic carboxylic acids is 1. The number of carboxylic acids is 1. The van der Waals surface area contributed by atoms with E-state index < -0.39 is 17.9 Å². The fourth-order valence-corrected chi connectivity index (χ4v) is 2.50. The summed E-state index contributed by atoms with van der Waals surface area (Å²) in [5.41, 5.74) is 1.66. The van der Waals surface area contributed by atoms with E-state index in [1.54, 1.807) is 32.2 Å². The van der Waals surface area contributed by atoms with Crippen molar-refractivity contribution in [3.8, 4) is 5.75 Å². The van der Waals surface area contributed by atoms with Crippen LogP contribution in [-0.4, -0.2) is 35.1 Å². The second-order valence-corrected chi connectivity index (χ2v) is 5.69. The maximum absolute atomic E-state index is 12.5. The van der Waals surface area contributed by atoms with Crippen LogP contribution in [0.2, 0.25) is 0 Å². The Bertz CT molecular complexity index is 758. The number of aryl methyl sites for hydroxylation is 1. The van der Waals surface area contributed by atoms with Crippen LogP contribution in [-0.2, 0) is 4.79 Å². The summed E-state index contributed by atoms with van der Waals surface area (Å²) in [4.78, 5) is 28.2. The average Bonchev–Trinajstić information content (AvgIpc) is 2.56. The molecular formula is C18H22N2O4. The Kier molecular flexibility index (Phi) is 5.73. The molecule has 0 radical (unpaired) electrons. The fraction of sp³-hybridized carbons (Fsp3) is 0.389. The summed E-state index contributed by atoms with van der Waals surface area (Å²) in [5.74, 6) is -0.744. The number of carboxylic acid groups (broad SMARTS) is 1. The first-order valence-electron chi connectivity index (χ1n) is 7.95. The molecule has 24 heavy (non-hydrogen) atoms. The minimum atomic E-state index is -1.02. The van der Waals surface area contributed by atoms with E-state index in [2.05, 4.69) is 10.3 Å². The van der Waals surface area contributed by atoms with Crippen molar-refractivity contribution in [3.63, 3.8) is 0 Å². The van der Waals surface area contributed by atoms with Gasteiger partial charge in [-0.3, -0.25) is 9.78 Å². The Balaban J connectivity index is 2.28. The molecule has 0 spiro atoms. The molecule has 1 atom stereocenters. The second-order valence-electron chi connectivity index (χ2n) is 5.69. The molecule has 0 saturated carbocycles. The number of hydrogen-bond acceptors (Lipinski definition) is 4. The lowest BCUT2D eigenvalue weighted by molar-refractivity contribution is -0.139. The molecule has 0 fully saturated rings. The third kappa shape index (κ3) is 4.01. The Morgan fingerprint density at radius 2 is 2.08 bits per heavy atom. The number of unbranched alkanes of at least 4 members (excludes halogenated alkanes) is 1. The van der Waals surface area contributed by atoms with Crippen LogP contribution in [0.3, 0.4) is 0 Å². The number of ether oxygens (including phenoxy) is 1. The molecule has 0 bridgehead atoms. The first-order chi connectivity index (χ1) is 11.5. The number of pyridine rings is 1. The van der Waals surface area contributed by atoms with Gasteiger partial charge in [-0.25, -0.2) is 4.79 Å². The predicted molar refractivity (Wildman–Crippen MR) is 91.4 cm³/mol. The van der Waals surface area contributed by atoms with Gasteiger partial charge >= 0.3 is 5.97 Å². The minimum Gasteiger partial charge on any atom is -0.497 e. The van der Waals surface area contributed by atoms with Gasteiger partial charge in [-0.05, 0) is 31.5 Å². The quantitative estimate of drug-likeness (QED) is 0.815. The van der Waals surface area contributed by atoms with Gasteiger partial charge in [0.05, 0.1) is 23.9 Å². The summed E-state index contributed by atoms with van der Waals surface area (Å²) in [6.07, 6.45) is 2.03. The Morgan fingerprint density at radius 1 is 1.33 bits per heavy atom. The maximum Gasteiger partial charge on any atom is 0.326 e. The molecule has 128 valence electrons. The molecule has 1 aromatic heterocycles. The van der Waals surface area contributed by atoms with Crippen molar-refractivity contribution in [3.05, 3.63) is 35.5 Å². The first-order valence-corrected chi connectivity index (χ1v) is 7.95. The van der Waals surface area contributed by atoms with Gasteiger partial charge in [0.1, 0.15) is 11.8 Å². The van der Waals surface area contributed by atoms with E-state index in [4.69, 9.17) is 4.74 Å². The van der Waals surface area contributed by atoms with Gasteiger partial charge in [0, 0.05) is 11.5 Å². The van der Waals surface area contributed by atoms with E-state index in [-0.39, 0.29) is 0 Å². The third-order valence-corrected chi connectivity index (χ3v) is 3.91. The van der Waals surface area contributed by atoms with Crippen molar-refractivity contribution in [1.82, 2.24) is 10.3 Å². The number of benzene rings is 1. The number of rotatable bonds is 7. The molecule has 6 heteroatoms. The molecule has 2 N–H and O–H groups in total. The summed E-state index contributed by atoms with van der Waals surface area (Å²) < 4.78 is 5.17. The molecule has 2 rings (SSSR count). The molecule has 1 amide bonds. The topological polar surface area (TPSA) is 88.5 Å². The van der Waals surface area contributed by atoms with Crippen molar-refractivity contribution < 1.29 is 19.4 Å². The van der Waals surface area contributed by atoms with Crippen LogP contribution in [0, 0.1) is 6.92 Å². The van der Waals surface area contributed by atoms with E-state index in [0.29, 0.717) is 23.4 Å². The number of amides is 1. The number of carbonyl (C=O) groups excluding carboxylic acids is 1. The average molecular weight is 330 g/mol. The van der Waals surface area contributed by atoms with E-state index in [0.717, 1.165) is 23.7 Å². The highest BCUT2D eigenvalue weighted by molar-refractivity contribution is 6.00. The summed E-state index contributed by atoms with van der Waals surface area (Å²) in [6, 6.07) is 6.26. The molecule has 0 aliphatic carbocycles. The van der Waals surface area contributed by atoms with Gasteiger partial charge in [0.15, 0.2) is 0 Å². The number of fused-ring (bicyclic) bond motifs is 1. The van der Waals surface area contributed by atoms with Crippen molar-refractivity contribution >= 4 is 22.8 Å². The van der Waals surface area contributed by atoms with Gasteiger partial charge in [-0.1, -0.05) is 19.8 Å². The van der Waals surface area contributed by atoms with E-state index >= 15 is 0 Å². The highest BCUT2D eigenvalue weighted by Gasteiger charge is 2.21. The molecule has 1 aromatic carbocycles. The SMILES string of the molecule is CCCC[C@H](NC(=O)c1cc2ccc(OC)cc2nc1C)C(=O)O. The lowest BCUT2D eigenvalue weighted by Gasteiger charge is -2.15. The van der Waals surface area contributed by atoms with Crippen molar-refractivity contribution in [1.29, 1.82) is 0 Å². The normalized spacial score (nSPS) is 12.0. The predicted octanol–water partition coefficient (Wildman–Crippen LogP) is 2.93. The highest BCUT2D eigenvalue weighted by atomic mass is 16.5. The summed E-state index contributed by atoms with van der Waals surface area (Å²) in [5, 5.41) is 12.6. The molecule has 0 aliphatic rings. The molecule has 1 heterocycles. The van der Waals surface area contributed by atoms with Crippen LogP contribution in [0.1, 0.15) is 42.2 Å². The zero-order chi connectivity index (χ0) is 17.7. The number of aromatic nitrogens is 1. The maximum atomic E-state index is 12.5.